The topological polar surface area (TPSA) is 72.5 Å². The van der Waals surface area contributed by atoms with Gasteiger partial charge in [0.1, 0.15) is 24.7 Å². The number of carbonyl (C=O) groups excluding carboxylic acids is 1. The Morgan fingerprint density at radius 2 is 1.71 bits per heavy atom. The van der Waals surface area contributed by atoms with Gasteiger partial charge in [-0.1, -0.05) is 50.6 Å². The number of halogens is 1. The molecule has 2 aliphatic heterocycles. The summed E-state index contributed by atoms with van der Waals surface area (Å²) in [5, 5.41) is 0.626. The van der Waals surface area contributed by atoms with Gasteiger partial charge in [0.15, 0.2) is 20.9 Å². The summed E-state index contributed by atoms with van der Waals surface area (Å²) in [7, 11) is -1.89. The van der Waals surface area contributed by atoms with Gasteiger partial charge in [-0.15, -0.1) is 0 Å². The average molecular weight is 623 g/mol. The van der Waals surface area contributed by atoms with Crippen molar-refractivity contribution in [2.45, 2.75) is 121 Å². The molecule has 0 spiro atoms. The monoisotopic (exact) mass is 622 g/mol. The average Bonchev–Trinajstić information content (AvgIpc) is 3.33. The number of ether oxygens (including phenoxy) is 5. The molecule has 0 amide bonds. The molecule has 9 heteroatoms. The number of aldehydes is 1. The van der Waals surface area contributed by atoms with Crippen molar-refractivity contribution in [3.63, 3.8) is 0 Å². The van der Waals surface area contributed by atoms with Crippen LogP contribution in [0.5, 0.6) is 5.75 Å². The fourth-order valence-electron chi connectivity index (χ4n) is 6.53. The molecule has 2 saturated heterocycles. The Hall–Kier alpha value is -1.26. The van der Waals surface area contributed by atoms with Crippen molar-refractivity contribution in [3.8, 4) is 5.75 Å². The minimum atomic E-state index is -1.89. The molecule has 4 rings (SSSR count). The van der Waals surface area contributed by atoms with Crippen molar-refractivity contribution >= 4 is 26.2 Å². The lowest BCUT2D eigenvalue weighted by molar-refractivity contribution is -0.193. The molecule has 1 saturated carbocycles. The number of hydrogen-bond acceptors (Lipinski definition) is 7. The Balaban J connectivity index is 1.56. The zero-order valence-corrected chi connectivity index (χ0v) is 27.5. The molecule has 3 aliphatic rings. The molecule has 0 radical (unpaired) electrons. The molecule has 236 valence electrons. The first-order valence-corrected chi connectivity index (χ1v) is 19.1. The smallest absolute Gasteiger partial charge is 0.192 e. The van der Waals surface area contributed by atoms with Gasteiger partial charge in [0.05, 0.1) is 12.2 Å². The summed E-state index contributed by atoms with van der Waals surface area (Å²) in [6, 6.07) is 10.6. The van der Waals surface area contributed by atoms with Crippen LogP contribution in [0.1, 0.15) is 72.1 Å². The second-order valence-corrected chi connectivity index (χ2v) is 17.0. The van der Waals surface area contributed by atoms with E-state index in [1.807, 2.05) is 18.2 Å². The molecule has 0 aromatic heterocycles. The molecule has 2 heterocycles. The molecule has 7 atom stereocenters. The van der Waals surface area contributed by atoms with Crippen molar-refractivity contribution in [2.75, 3.05) is 19.8 Å². The van der Waals surface area contributed by atoms with Crippen LogP contribution in [-0.4, -0.2) is 65.3 Å². The third kappa shape index (κ3) is 9.62. The maximum Gasteiger partial charge on any atom is 0.192 e. The van der Waals surface area contributed by atoms with E-state index in [1.165, 1.54) is 0 Å². The van der Waals surface area contributed by atoms with E-state index in [-0.39, 0.29) is 42.7 Å². The van der Waals surface area contributed by atoms with Crippen LogP contribution >= 0.6 is 11.6 Å². The first-order chi connectivity index (χ1) is 20.5. The molecular weight excluding hydrogens is 572 g/mol. The summed E-state index contributed by atoms with van der Waals surface area (Å²) >= 11 is 6.19. The number of benzene rings is 1. The van der Waals surface area contributed by atoms with Crippen molar-refractivity contribution in [3.05, 3.63) is 41.4 Å². The van der Waals surface area contributed by atoms with Crippen molar-refractivity contribution in [2.24, 2.45) is 11.8 Å². The fraction of sp³-hybridized carbons (Fsp3) is 0.727. The van der Waals surface area contributed by atoms with Gasteiger partial charge in [0, 0.05) is 30.6 Å². The first-order valence-electron chi connectivity index (χ1n) is 16.2. The molecule has 7 nitrogen and oxygen atoms in total. The number of carbonyl (C=O) groups is 1. The van der Waals surface area contributed by atoms with Crippen LogP contribution in [0.3, 0.4) is 0 Å². The highest BCUT2D eigenvalue weighted by molar-refractivity contribution is 6.73. The lowest BCUT2D eigenvalue weighted by Gasteiger charge is -2.34. The zero-order chi connectivity index (χ0) is 29.8. The van der Waals surface area contributed by atoms with Gasteiger partial charge in [-0.2, -0.15) is 0 Å². The lowest BCUT2D eigenvalue weighted by Crippen LogP contribution is -2.41. The fourth-order valence-corrected chi connectivity index (χ4v) is 9.62. The van der Waals surface area contributed by atoms with Crippen molar-refractivity contribution in [1.29, 1.82) is 0 Å². The highest BCUT2D eigenvalue weighted by Gasteiger charge is 2.47. The van der Waals surface area contributed by atoms with Crippen LogP contribution in [0.25, 0.3) is 0 Å². The van der Waals surface area contributed by atoms with Crippen LogP contribution < -0.4 is 4.74 Å². The summed E-state index contributed by atoms with van der Waals surface area (Å²) in [6.07, 6.45) is 11.6. The van der Waals surface area contributed by atoms with E-state index in [1.54, 1.807) is 6.07 Å². The van der Waals surface area contributed by atoms with Gasteiger partial charge >= 0.3 is 0 Å². The Morgan fingerprint density at radius 1 is 1.00 bits per heavy atom. The molecule has 1 aromatic rings. The summed E-state index contributed by atoms with van der Waals surface area (Å²) in [4.78, 5) is 12.0. The van der Waals surface area contributed by atoms with Crippen LogP contribution in [0.2, 0.25) is 23.2 Å². The van der Waals surface area contributed by atoms with E-state index in [4.69, 9.17) is 39.7 Å². The van der Waals surface area contributed by atoms with E-state index >= 15 is 0 Å². The maximum absolute atomic E-state index is 12.0. The van der Waals surface area contributed by atoms with Gasteiger partial charge < -0.3 is 32.9 Å². The van der Waals surface area contributed by atoms with E-state index in [9.17, 15) is 4.79 Å². The van der Waals surface area contributed by atoms with Gasteiger partial charge in [-0.25, -0.2) is 0 Å². The predicted molar refractivity (Wildman–Crippen MR) is 167 cm³/mol. The Bertz CT molecular complexity index is 953. The second kappa shape index (κ2) is 17.3. The highest BCUT2D eigenvalue weighted by Crippen LogP contribution is 2.43. The molecule has 1 aromatic carbocycles. The summed E-state index contributed by atoms with van der Waals surface area (Å²) in [5.74, 6) is 0.717. The molecule has 3 fully saturated rings. The largest absolute Gasteiger partial charge is 0.490 e. The molecular formula is C33H51ClO7Si. The van der Waals surface area contributed by atoms with Gasteiger partial charge in [0.2, 0.25) is 0 Å². The van der Waals surface area contributed by atoms with Crippen LogP contribution in [0.4, 0.5) is 0 Å². The van der Waals surface area contributed by atoms with Crippen molar-refractivity contribution < 1.29 is 32.9 Å². The normalized spacial score (nSPS) is 29.5. The SMILES string of the molecule is CC[Si](CC)(CC)OC1C[C@@H](OC2CCCCO2)[C@H](C=C[C@H](COc2cccc(Cl)c2)OC2CCCCO2)[C@H]1CC=O. The van der Waals surface area contributed by atoms with Gasteiger partial charge in [-0.3, -0.25) is 0 Å². The van der Waals surface area contributed by atoms with E-state index in [2.05, 4.69) is 32.9 Å². The molecule has 0 bridgehead atoms. The Morgan fingerprint density at radius 3 is 2.33 bits per heavy atom. The molecule has 3 unspecified atom stereocenters. The van der Waals surface area contributed by atoms with E-state index in [0.29, 0.717) is 30.4 Å². The third-order valence-corrected chi connectivity index (χ3v) is 14.2. The summed E-state index contributed by atoms with van der Waals surface area (Å²) < 4.78 is 38.1. The third-order valence-electron chi connectivity index (χ3n) is 9.26. The second-order valence-electron chi connectivity index (χ2n) is 11.9. The van der Waals surface area contributed by atoms with Crippen LogP contribution in [0, 0.1) is 11.8 Å². The summed E-state index contributed by atoms with van der Waals surface area (Å²) in [5.41, 5.74) is 0. The maximum atomic E-state index is 12.0. The standard InChI is InChI=1S/C33H51ClO7Si/c1-4-42(5-2,6-3)41-31-23-30(40-33-15-8-10-21-37-33)28(29(31)18-19-35)17-16-27(39-32-14-7-9-20-36-32)24-38-26-13-11-12-25(34)22-26/h11-13,16-17,19,22,27-33H,4-10,14-15,18,20-21,23-24H2,1-3H3/t27-,28-,29-,30-,31?,32?,33?/m1/s1. The van der Waals surface area contributed by atoms with Crippen LogP contribution in [-0.2, 0) is 28.2 Å². The highest BCUT2D eigenvalue weighted by atomic mass is 35.5. The Labute approximate surface area is 258 Å². The quantitative estimate of drug-likeness (QED) is 0.106. The molecule has 42 heavy (non-hydrogen) atoms. The predicted octanol–water partition coefficient (Wildman–Crippen LogP) is 7.71. The minimum absolute atomic E-state index is 0.00691. The van der Waals surface area contributed by atoms with Gasteiger partial charge in [0.25, 0.3) is 0 Å². The van der Waals surface area contributed by atoms with Crippen molar-refractivity contribution in [1.82, 2.24) is 0 Å². The number of rotatable bonds is 16. The Kier molecular flexibility index (Phi) is 13.8. The summed E-state index contributed by atoms with van der Waals surface area (Å²) in [6.45, 7) is 8.49. The lowest BCUT2D eigenvalue weighted by atomic mass is 9.90. The first kappa shape index (κ1) is 33.6. The van der Waals surface area contributed by atoms with Crippen LogP contribution in [0.15, 0.2) is 36.4 Å². The van der Waals surface area contributed by atoms with Gasteiger partial charge in [-0.05, 0) is 87.2 Å². The molecule has 1 aliphatic carbocycles. The minimum Gasteiger partial charge on any atom is -0.490 e. The molecule has 0 N–H and O–H groups in total. The van der Waals surface area contributed by atoms with E-state index in [0.717, 1.165) is 76.0 Å². The van der Waals surface area contributed by atoms with E-state index < -0.39 is 8.32 Å². The number of hydrogen-bond donors (Lipinski definition) is 0. The zero-order valence-electron chi connectivity index (χ0n) is 25.7.